The average Bonchev–Trinajstić information content (AvgIpc) is 2.73. The predicted molar refractivity (Wildman–Crippen MR) is 118 cm³/mol. The molecule has 5 nitrogen and oxygen atoms in total. The van der Waals surface area contributed by atoms with Gasteiger partial charge in [-0.2, -0.15) is 0 Å². The number of fused-ring (bicyclic) bond motifs is 1. The summed E-state index contributed by atoms with van der Waals surface area (Å²) in [4.78, 5) is 16.2. The molecule has 2 fully saturated rings. The van der Waals surface area contributed by atoms with Gasteiger partial charge in [0.15, 0.2) is 0 Å². The highest BCUT2D eigenvalue weighted by molar-refractivity contribution is 5.66. The van der Waals surface area contributed by atoms with E-state index in [1.807, 2.05) is 18.2 Å². The molecule has 4 unspecified atom stereocenters. The molecule has 0 spiro atoms. The Morgan fingerprint density at radius 3 is 2.57 bits per heavy atom. The lowest BCUT2D eigenvalue weighted by atomic mass is 9.65. The molecule has 2 aliphatic rings. The van der Waals surface area contributed by atoms with E-state index in [2.05, 4.69) is 54.0 Å². The van der Waals surface area contributed by atoms with E-state index >= 15 is 0 Å². The molecule has 4 atom stereocenters. The lowest BCUT2D eigenvalue weighted by Gasteiger charge is -2.55. The average molecular weight is 409 g/mol. The number of piperidine rings is 1. The number of carbonyl (C=O) groups is 1. The lowest BCUT2D eigenvalue weighted by Crippen LogP contribution is -2.61. The van der Waals surface area contributed by atoms with E-state index in [1.54, 1.807) is 6.07 Å². The summed E-state index contributed by atoms with van der Waals surface area (Å²) in [5, 5.41) is 19.3. The summed E-state index contributed by atoms with van der Waals surface area (Å²) in [5.74, 6) is 0.0304. The Kier molecular flexibility index (Phi) is 5.85. The van der Waals surface area contributed by atoms with Crippen molar-refractivity contribution in [2.45, 2.75) is 44.2 Å². The number of piperazine rings is 1. The maximum atomic E-state index is 11.3. The summed E-state index contributed by atoms with van der Waals surface area (Å²) in [6, 6.07) is 18.8. The van der Waals surface area contributed by atoms with Crippen LogP contribution in [0.15, 0.2) is 54.6 Å². The normalized spacial score (nSPS) is 30.0. The quantitative estimate of drug-likeness (QED) is 0.786. The molecule has 0 saturated carbocycles. The van der Waals surface area contributed by atoms with Gasteiger partial charge in [-0.15, -0.1) is 0 Å². The number of hydrogen-bond donors (Lipinski definition) is 2. The monoisotopic (exact) mass is 408 g/mol. The Morgan fingerprint density at radius 1 is 1.10 bits per heavy atom. The zero-order valence-electron chi connectivity index (χ0n) is 17.9. The molecule has 0 aliphatic carbocycles. The first kappa shape index (κ1) is 20.9. The van der Waals surface area contributed by atoms with Crippen LogP contribution in [0.3, 0.4) is 0 Å². The second-order valence-corrected chi connectivity index (χ2v) is 9.25. The highest BCUT2D eigenvalue weighted by atomic mass is 16.4. The number of aromatic hydroxyl groups is 1. The number of phenolic OH excluding ortho intramolecular Hbond substituents is 1. The summed E-state index contributed by atoms with van der Waals surface area (Å²) in [6.07, 6.45) is 1.17. The topological polar surface area (TPSA) is 64.0 Å². The van der Waals surface area contributed by atoms with Crippen molar-refractivity contribution >= 4 is 5.97 Å². The molecule has 2 saturated heterocycles. The van der Waals surface area contributed by atoms with Crippen LogP contribution in [0.4, 0.5) is 0 Å². The van der Waals surface area contributed by atoms with Crippen LogP contribution in [0.2, 0.25) is 0 Å². The van der Waals surface area contributed by atoms with E-state index in [4.69, 9.17) is 0 Å². The van der Waals surface area contributed by atoms with Gasteiger partial charge in [-0.05, 0) is 41.0 Å². The van der Waals surface area contributed by atoms with Crippen molar-refractivity contribution in [3.05, 3.63) is 65.7 Å². The Bertz CT molecular complexity index is 887. The van der Waals surface area contributed by atoms with Crippen molar-refractivity contribution in [3.8, 4) is 5.75 Å². The molecule has 4 rings (SSSR count). The molecule has 2 aromatic carbocycles. The van der Waals surface area contributed by atoms with Crippen molar-refractivity contribution in [1.29, 1.82) is 0 Å². The van der Waals surface area contributed by atoms with E-state index in [9.17, 15) is 15.0 Å². The number of hydrogen-bond acceptors (Lipinski definition) is 4. The maximum absolute atomic E-state index is 11.3. The largest absolute Gasteiger partial charge is 0.508 e. The van der Waals surface area contributed by atoms with Gasteiger partial charge in [0.2, 0.25) is 0 Å². The molecule has 5 heteroatoms. The van der Waals surface area contributed by atoms with Gasteiger partial charge in [0.05, 0.1) is 6.42 Å². The molecule has 2 N–H and O–H groups in total. The molecule has 30 heavy (non-hydrogen) atoms. The van der Waals surface area contributed by atoms with Crippen molar-refractivity contribution in [1.82, 2.24) is 9.80 Å². The van der Waals surface area contributed by atoms with E-state index < -0.39 is 5.97 Å². The van der Waals surface area contributed by atoms with Gasteiger partial charge in [0.25, 0.3) is 0 Å². The van der Waals surface area contributed by atoms with Gasteiger partial charge in [0.1, 0.15) is 5.75 Å². The number of carboxylic acid groups (broad SMARTS) is 1. The van der Waals surface area contributed by atoms with Crippen LogP contribution in [-0.2, 0) is 10.2 Å². The number of rotatable bonds is 5. The van der Waals surface area contributed by atoms with E-state index in [0.717, 1.165) is 26.1 Å². The van der Waals surface area contributed by atoms with Crippen molar-refractivity contribution in [2.24, 2.45) is 5.92 Å². The van der Waals surface area contributed by atoms with Gasteiger partial charge < -0.3 is 10.2 Å². The van der Waals surface area contributed by atoms with Crippen LogP contribution in [0, 0.1) is 5.92 Å². The Balaban J connectivity index is 1.59. The summed E-state index contributed by atoms with van der Waals surface area (Å²) < 4.78 is 0. The summed E-state index contributed by atoms with van der Waals surface area (Å²) in [5.41, 5.74) is 2.44. The SMILES string of the molecule is CC1CN2CC(c3ccccc3)N(CCC(=O)O)CC2CC1(C)c1cccc(O)c1. The highest BCUT2D eigenvalue weighted by Gasteiger charge is 2.46. The lowest BCUT2D eigenvalue weighted by molar-refractivity contribution is -0.138. The van der Waals surface area contributed by atoms with Gasteiger partial charge in [-0.3, -0.25) is 14.6 Å². The van der Waals surface area contributed by atoms with Crippen LogP contribution in [0.5, 0.6) is 5.75 Å². The standard InChI is InChI=1S/C25H32N2O3/c1-18-15-27-17-23(19-7-4-3-5-8-19)26(12-11-24(29)30)16-21(27)14-25(18,2)20-9-6-10-22(28)13-20/h3-10,13,18,21,23,28H,11-12,14-17H2,1-2H3,(H,29,30). The number of nitrogens with zero attached hydrogens (tertiary/aromatic N) is 2. The van der Waals surface area contributed by atoms with Gasteiger partial charge in [-0.25, -0.2) is 0 Å². The summed E-state index contributed by atoms with van der Waals surface area (Å²) in [6.45, 7) is 8.00. The van der Waals surface area contributed by atoms with Gasteiger partial charge in [0, 0.05) is 38.3 Å². The number of benzene rings is 2. The fourth-order valence-corrected chi connectivity index (χ4v) is 5.40. The molecule has 0 radical (unpaired) electrons. The Labute approximate surface area is 178 Å². The van der Waals surface area contributed by atoms with E-state index in [-0.39, 0.29) is 17.9 Å². The summed E-state index contributed by atoms with van der Waals surface area (Å²) >= 11 is 0. The predicted octanol–water partition coefficient (Wildman–Crippen LogP) is 3.89. The zero-order valence-corrected chi connectivity index (χ0v) is 17.9. The Hall–Kier alpha value is -2.37. The van der Waals surface area contributed by atoms with Crippen molar-refractivity contribution in [2.75, 3.05) is 26.2 Å². The molecule has 2 aromatic rings. The van der Waals surface area contributed by atoms with Crippen LogP contribution in [0.25, 0.3) is 0 Å². The molecule has 2 aliphatic heterocycles. The van der Waals surface area contributed by atoms with Crippen molar-refractivity contribution < 1.29 is 15.0 Å². The minimum Gasteiger partial charge on any atom is -0.508 e. The van der Waals surface area contributed by atoms with Crippen LogP contribution < -0.4 is 0 Å². The second kappa shape index (κ2) is 8.40. The fourth-order valence-electron chi connectivity index (χ4n) is 5.40. The first-order chi connectivity index (χ1) is 14.4. The maximum Gasteiger partial charge on any atom is 0.304 e. The Morgan fingerprint density at radius 2 is 1.87 bits per heavy atom. The molecule has 0 amide bonds. The third-order valence-electron chi connectivity index (χ3n) is 7.37. The molecular formula is C25H32N2O3. The molecule has 160 valence electrons. The fraction of sp³-hybridized carbons (Fsp3) is 0.480. The number of carboxylic acids is 1. The second-order valence-electron chi connectivity index (χ2n) is 9.25. The minimum atomic E-state index is -0.744. The molecule has 2 heterocycles. The van der Waals surface area contributed by atoms with Crippen LogP contribution in [-0.4, -0.2) is 58.2 Å². The van der Waals surface area contributed by atoms with Crippen molar-refractivity contribution in [3.63, 3.8) is 0 Å². The van der Waals surface area contributed by atoms with Gasteiger partial charge in [-0.1, -0.05) is 56.3 Å². The first-order valence-electron chi connectivity index (χ1n) is 10.9. The number of phenols is 1. The van der Waals surface area contributed by atoms with Crippen LogP contribution >= 0.6 is 0 Å². The van der Waals surface area contributed by atoms with Gasteiger partial charge >= 0.3 is 5.97 Å². The van der Waals surface area contributed by atoms with Crippen LogP contribution in [0.1, 0.15) is 43.9 Å². The molecular weight excluding hydrogens is 376 g/mol. The molecule has 0 aromatic heterocycles. The third kappa shape index (κ3) is 4.09. The number of aliphatic carboxylic acids is 1. The third-order valence-corrected chi connectivity index (χ3v) is 7.37. The van der Waals surface area contributed by atoms with E-state index in [1.165, 1.54) is 11.1 Å². The zero-order chi connectivity index (χ0) is 21.3. The summed E-state index contributed by atoms with van der Waals surface area (Å²) in [7, 11) is 0. The highest BCUT2D eigenvalue weighted by Crippen LogP contribution is 2.45. The first-order valence-corrected chi connectivity index (χ1v) is 10.9. The minimum absolute atomic E-state index is 0.0159. The molecule has 0 bridgehead atoms. The van der Waals surface area contributed by atoms with E-state index in [0.29, 0.717) is 24.3 Å². The smallest absolute Gasteiger partial charge is 0.304 e.